The third kappa shape index (κ3) is 3.30. The van der Waals surface area contributed by atoms with Crippen LogP contribution < -0.4 is 5.32 Å². The number of hydrogen-bond donors (Lipinski definition) is 1. The van der Waals surface area contributed by atoms with Gasteiger partial charge < -0.3 is 5.32 Å². The first kappa shape index (κ1) is 15.8. The summed E-state index contributed by atoms with van der Waals surface area (Å²) in [6.07, 6.45) is 5.19. The Hall–Kier alpha value is -3.08. The van der Waals surface area contributed by atoms with Crippen LogP contribution in [0.5, 0.6) is 0 Å². The fraction of sp³-hybridized carbons (Fsp3) is 0.158. The van der Waals surface area contributed by atoms with E-state index in [9.17, 15) is 4.79 Å². The second-order valence-electron chi connectivity index (χ2n) is 5.67. The van der Waals surface area contributed by atoms with Gasteiger partial charge in [-0.25, -0.2) is 4.98 Å². The summed E-state index contributed by atoms with van der Waals surface area (Å²) in [5.41, 5.74) is 5.52. The minimum Gasteiger partial charge on any atom is -0.321 e. The van der Waals surface area contributed by atoms with Crippen LogP contribution in [-0.4, -0.2) is 20.9 Å². The predicted molar refractivity (Wildman–Crippen MR) is 93.9 cm³/mol. The highest BCUT2D eigenvalue weighted by Gasteiger charge is 2.16. The molecule has 0 aromatic carbocycles. The van der Waals surface area contributed by atoms with Crippen molar-refractivity contribution in [2.75, 3.05) is 5.32 Å². The molecule has 3 aromatic rings. The lowest BCUT2D eigenvalue weighted by Gasteiger charge is -2.12. The largest absolute Gasteiger partial charge is 0.321 e. The molecule has 3 heterocycles. The average Bonchev–Trinajstić information content (AvgIpc) is 2.57. The highest BCUT2D eigenvalue weighted by Crippen LogP contribution is 2.25. The summed E-state index contributed by atoms with van der Waals surface area (Å²) in [4.78, 5) is 25.4. The van der Waals surface area contributed by atoms with E-state index in [1.54, 1.807) is 24.7 Å². The number of aryl methyl sites for hydroxylation is 2. The van der Waals surface area contributed by atoms with Gasteiger partial charge in [0, 0.05) is 41.2 Å². The molecule has 0 bridgehead atoms. The van der Waals surface area contributed by atoms with Crippen molar-refractivity contribution in [1.82, 2.24) is 15.0 Å². The Morgan fingerprint density at radius 2 is 1.88 bits per heavy atom. The summed E-state index contributed by atoms with van der Waals surface area (Å²) in [6, 6.07) is 9.41. The van der Waals surface area contributed by atoms with Crippen molar-refractivity contribution < 1.29 is 4.79 Å². The molecule has 0 spiro atoms. The van der Waals surface area contributed by atoms with E-state index in [0.717, 1.165) is 28.1 Å². The Bertz CT molecular complexity index is 891. The maximum absolute atomic E-state index is 12.7. The van der Waals surface area contributed by atoms with Crippen molar-refractivity contribution >= 4 is 11.6 Å². The van der Waals surface area contributed by atoms with Gasteiger partial charge in [-0.1, -0.05) is 6.07 Å². The molecule has 0 saturated carbocycles. The third-order valence-electron chi connectivity index (χ3n) is 3.74. The van der Waals surface area contributed by atoms with Crippen molar-refractivity contribution in [2.45, 2.75) is 20.8 Å². The number of aromatic nitrogens is 3. The van der Waals surface area contributed by atoms with E-state index in [4.69, 9.17) is 0 Å². The Morgan fingerprint density at radius 1 is 1.04 bits per heavy atom. The Morgan fingerprint density at radius 3 is 2.58 bits per heavy atom. The van der Waals surface area contributed by atoms with Crippen LogP contribution in [0.1, 0.15) is 27.4 Å². The molecular formula is C19H18N4O. The van der Waals surface area contributed by atoms with Crippen LogP contribution in [-0.2, 0) is 0 Å². The fourth-order valence-electron chi connectivity index (χ4n) is 2.59. The molecule has 3 aromatic heterocycles. The second kappa shape index (κ2) is 6.58. The van der Waals surface area contributed by atoms with E-state index >= 15 is 0 Å². The van der Waals surface area contributed by atoms with E-state index < -0.39 is 0 Å². The number of nitrogens with one attached hydrogen (secondary N) is 1. The first-order chi connectivity index (χ1) is 11.5. The zero-order chi connectivity index (χ0) is 17.1. The van der Waals surface area contributed by atoms with Crippen LogP contribution in [0, 0.1) is 20.8 Å². The van der Waals surface area contributed by atoms with E-state index in [-0.39, 0.29) is 5.91 Å². The molecule has 0 aliphatic carbocycles. The van der Waals surface area contributed by atoms with Gasteiger partial charge in [-0.2, -0.15) is 0 Å². The first-order valence-electron chi connectivity index (χ1n) is 7.67. The van der Waals surface area contributed by atoms with Crippen LogP contribution in [0.25, 0.3) is 11.1 Å². The summed E-state index contributed by atoms with van der Waals surface area (Å²) in [5.74, 6) is -0.230. The molecule has 0 aliphatic rings. The number of rotatable bonds is 3. The smallest absolute Gasteiger partial charge is 0.274 e. The topological polar surface area (TPSA) is 67.8 Å². The minimum absolute atomic E-state index is 0.230. The van der Waals surface area contributed by atoms with Gasteiger partial charge in [0.1, 0.15) is 5.69 Å². The molecule has 0 fully saturated rings. The Balaban J connectivity index is 1.99. The van der Waals surface area contributed by atoms with Crippen LogP contribution in [0.15, 0.2) is 48.9 Å². The number of amides is 1. The van der Waals surface area contributed by atoms with Crippen molar-refractivity contribution in [3.8, 4) is 11.1 Å². The fourth-order valence-corrected chi connectivity index (χ4v) is 2.59. The molecule has 0 aliphatic heterocycles. The molecule has 0 radical (unpaired) electrons. The molecule has 1 amide bonds. The molecular weight excluding hydrogens is 300 g/mol. The molecule has 0 unspecified atom stereocenters. The summed E-state index contributed by atoms with van der Waals surface area (Å²) in [5, 5.41) is 2.89. The van der Waals surface area contributed by atoms with Crippen molar-refractivity contribution in [3.05, 3.63) is 71.6 Å². The van der Waals surface area contributed by atoms with Gasteiger partial charge in [-0.05, 0) is 56.2 Å². The van der Waals surface area contributed by atoms with Gasteiger partial charge in [0.2, 0.25) is 0 Å². The highest BCUT2D eigenvalue weighted by atomic mass is 16.1. The van der Waals surface area contributed by atoms with Crippen LogP contribution in [0.4, 0.5) is 5.69 Å². The van der Waals surface area contributed by atoms with E-state index in [0.29, 0.717) is 11.4 Å². The monoisotopic (exact) mass is 318 g/mol. The minimum atomic E-state index is -0.230. The maximum atomic E-state index is 12.7. The maximum Gasteiger partial charge on any atom is 0.274 e. The lowest BCUT2D eigenvalue weighted by atomic mass is 10.00. The number of anilines is 1. The molecule has 3 rings (SSSR count). The van der Waals surface area contributed by atoms with Crippen molar-refractivity contribution in [2.24, 2.45) is 0 Å². The first-order valence-corrected chi connectivity index (χ1v) is 7.67. The number of carbonyl (C=O) groups excluding carboxylic acids is 1. The summed E-state index contributed by atoms with van der Waals surface area (Å²) in [7, 11) is 0. The Kier molecular flexibility index (Phi) is 4.33. The van der Waals surface area contributed by atoms with E-state index in [1.807, 2.05) is 45.0 Å². The van der Waals surface area contributed by atoms with Crippen molar-refractivity contribution in [3.63, 3.8) is 0 Å². The molecule has 5 nitrogen and oxygen atoms in total. The molecule has 5 heteroatoms. The number of nitrogens with zero attached hydrogens (tertiary/aromatic N) is 3. The zero-order valence-electron chi connectivity index (χ0n) is 13.9. The molecule has 0 saturated heterocycles. The van der Waals surface area contributed by atoms with Gasteiger partial charge in [0.15, 0.2) is 0 Å². The van der Waals surface area contributed by atoms with E-state index in [1.165, 1.54) is 0 Å². The third-order valence-corrected chi connectivity index (χ3v) is 3.74. The normalized spacial score (nSPS) is 10.5. The van der Waals surface area contributed by atoms with Crippen molar-refractivity contribution in [1.29, 1.82) is 0 Å². The quantitative estimate of drug-likeness (QED) is 0.799. The van der Waals surface area contributed by atoms with Gasteiger partial charge in [0.05, 0.1) is 0 Å². The Labute approximate surface area is 140 Å². The number of hydrogen-bond acceptors (Lipinski definition) is 4. The zero-order valence-corrected chi connectivity index (χ0v) is 13.9. The summed E-state index contributed by atoms with van der Waals surface area (Å²) < 4.78 is 0. The summed E-state index contributed by atoms with van der Waals surface area (Å²) >= 11 is 0. The highest BCUT2D eigenvalue weighted by molar-refractivity contribution is 6.04. The SMILES string of the molecule is Cc1cc(NC(=O)c2nc(C)cc(-c3cccnc3)c2C)ccn1. The lowest BCUT2D eigenvalue weighted by molar-refractivity contribution is 0.102. The standard InChI is InChI=1S/C19H18N4O/c1-12-9-16(6-8-21-12)23-19(24)18-14(3)17(10-13(2)22-18)15-5-4-7-20-11-15/h4-11H,1-3H3,(H,21,23,24). The van der Waals surface area contributed by atoms with E-state index in [2.05, 4.69) is 20.3 Å². The van der Waals surface area contributed by atoms with Crippen LogP contribution in [0.2, 0.25) is 0 Å². The molecule has 24 heavy (non-hydrogen) atoms. The average molecular weight is 318 g/mol. The predicted octanol–water partition coefficient (Wildman–Crippen LogP) is 3.72. The van der Waals surface area contributed by atoms with Crippen LogP contribution in [0.3, 0.4) is 0 Å². The molecule has 1 N–H and O–H groups in total. The van der Waals surface area contributed by atoms with Gasteiger partial charge >= 0.3 is 0 Å². The van der Waals surface area contributed by atoms with Gasteiger partial charge in [-0.15, -0.1) is 0 Å². The van der Waals surface area contributed by atoms with Crippen LogP contribution >= 0.6 is 0 Å². The number of carbonyl (C=O) groups is 1. The lowest BCUT2D eigenvalue weighted by Crippen LogP contribution is -2.16. The van der Waals surface area contributed by atoms with Gasteiger partial charge in [-0.3, -0.25) is 14.8 Å². The molecule has 0 atom stereocenters. The summed E-state index contributed by atoms with van der Waals surface area (Å²) in [6.45, 7) is 5.67. The van der Waals surface area contributed by atoms with Gasteiger partial charge in [0.25, 0.3) is 5.91 Å². The number of pyridine rings is 3. The second-order valence-corrected chi connectivity index (χ2v) is 5.67. The molecule has 120 valence electrons.